The Morgan fingerprint density at radius 1 is 1.20 bits per heavy atom. The standard InChI is InChI=1S/C24H26N5O5S/c1-4-34-24(32)29-35(33)20-10-8-19(9-11-20)27-23-25-13-21(22(28-23)26-15(2)14-30)18-7-5-6-17(12-18)16(3)31/h5-13,15,30H,4,14H2,1-3H3,(H2,25,26,27,28)/q-1/t15-/m1/s1. The molecule has 10 nitrogen and oxygen atoms in total. The predicted octanol–water partition coefficient (Wildman–Crippen LogP) is 4.55. The summed E-state index contributed by atoms with van der Waals surface area (Å²) < 4.78 is 20.3. The van der Waals surface area contributed by atoms with Crippen molar-refractivity contribution < 1.29 is 23.6 Å². The second-order valence-corrected chi connectivity index (χ2v) is 8.66. The Labute approximate surface area is 205 Å². The fourth-order valence-electron chi connectivity index (χ4n) is 3.00. The third-order valence-corrected chi connectivity index (χ3v) is 5.75. The van der Waals surface area contributed by atoms with Crippen LogP contribution in [0.5, 0.6) is 0 Å². The van der Waals surface area contributed by atoms with Gasteiger partial charge in [0.05, 0.1) is 13.2 Å². The topological polar surface area (TPSA) is 143 Å². The van der Waals surface area contributed by atoms with Crippen molar-refractivity contribution in [2.75, 3.05) is 23.8 Å². The van der Waals surface area contributed by atoms with E-state index in [1.807, 2.05) is 13.0 Å². The molecule has 35 heavy (non-hydrogen) atoms. The first kappa shape index (κ1) is 25.8. The van der Waals surface area contributed by atoms with E-state index in [-0.39, 0.29) is 31.0 Å². The van der Waals surface area contributed by atoms with Crippen molar-refractivity contribution >= 4 is 39.9 Å². The molecule has 3 N–H and O–H groups in total. The summed E-state index contributed by atoms with van der Waals surface area (Å²) in [4.78, 5) is 32.5. The van der Waals surface area contributed by atoms with Gasteiger partial charge in [-0.15, -0.1) is 10.6 Å². The van der Waals surface area contributed by atoms with Crippen LogP contribution >= 0.6 is 0 Å². The zero-order chi connectivity index (χ0) is 25.4. The van der Waals surface area contributed by atoms with Crippen molar-refractivity contribution in [2.24, 2.45) is 4.36 Å². The molecule has 0 spiro atoms. The lowest BCUT2D eigenvalue weighted by atomic mass is 10.0. The molecule has 1 heterocycles. The molecule has 184 valence electrons. The number of aromatic nitrogens is 2. The van der Waals surface area contributed by atoms with Crippen LogP contribution in [0.15, 0.2) is 64.0 Å². The van der Waals surface area contributed by atoms with E-state index in [0.29, 0.717) is 27.5 Å². The third kappa shape index (κ3) is 7.08. The fraction of sp³-hybridized carbons (Fsp3) is 0.250. The number of hydrogen-bond acceptors (Lipinski definition) is 10. The molecule has 1 atom stereocenters. The molecule has 0 aliphatic rings. The molecule has 0 radical (unpaired) electrons. The molecule has 2 aromatic carbocycles. The number of aliphatic hydroxyl groups excluding tert-OH is 1. The number of benzene rings is 2. The number of rotatable bonds is 9. The SMILES string of the molecule is CCOC(=O)N=[S-](=O)c1ccc(Nc2ncc(-c3cccc(C(C)=O)c3)c(N[C@H](C)CO)n2)cc1. The normalized spacial score (nSPS) is 12.6. The lowest BCUT2D eigenvalue weighted by Crippen LogP contribution is -2.21. The van der Waals surface area contributed by atoms with E-state index >= 15 is 0 Å². The van der Waals surface area contributed by atoms with Crippen LogP contribution < -0.4 is 10.6 Å². The number of carbonyl (C=O) groups is 2. The molecule has 1 amide bonds. The van der Waals surface area contributed by atoms with Crippen molar-refractivity contribution in [1.82, 2.24) is 9.97 Å². The molecule has 0 unspecified atom stereocenters. The Kier molecular flexibility index (Phi) is 8.87. The number of carbonyl (C=O) groups excluding carboxylic acids is 2. The summed E-state index contributed by atoms with van der Waals surface area (Å²) in [6, 6.07) is 13.3. The minimum absolute atomic E-state index is 0.0521. The van der Waals surface area contributed by atoms with Crippen LogP contribution in [0, 0.1) is 0 Å². The number of anilines is 3. The second-order valence-electron chi connectivity index (χ2n) is 7.51. The van der Waals surface area contributed by atoms with E-state index < -0.39 is 16.7 Å². The van der Waals surface area contributed by atoms with Gasteiger partial charge < -0.3 is 24.7 Å². The second kappa shape index (κ2) is 12.0. The van der Waals surface area contributed by atoms with Crippen molar-refractivity contribution in [3.63, 3.8) is 0 Å². The summed E-state index contributed by atoms with van der Waals surface area (Å²) in [6.07, 6.45) is 0.746. The molecular formula is C24H26N5O5S-. The average Bonchev–Trinajstić information content (AvgIpc) is 2.84. The van der Waals surface area contributed by atoms with Gasteiger partial charge in [0.1, 0.15) is 5.82 Å². The Morgan fingerprint density at radius 3 is 2.60 bits per heavy atom. The molecule has 0 aliphatic heterocycles. The Morgan fingerprint density at radius 2 is 1.94 bits per heavy atom. The zero-order valence-corrected chi connectivity index (χ0v) is 20.3. The van der Waals surface area contributed by atoms with Crippen LogP contribution in [0.1, 0.15) is 31.1 Å². The largest absolute Gasteiger partial charge is 0.450 e. The van der Waals surface area contributed by atoms with E-state index in [1.165, 1.54) is 6.92 Å². The quantitative estimate of drug-likeness (QED) is 0.287. The molecule has 1 aromatic heterocycles. The van der Waals surface area contributed by atoms with Gasteiger partial charge in [-0.3, -0.25) is 9.16 Å². The highest BCUT2D eigenvalue weighted by Crippen LogP contribution is 2.29. The van der Waals surface area contributed by atoms with Crippen LogP contribution in [0.4, 0.5) is 22.2 Å². The van der Waals surface area contributed by atoms with E-state index in [0.717, 1.165) is 5.56 Å². The molecule has 0 saturated carbocycles. The molecule has 3 rings (SSSR count). The van der Waals surface area contributed by atoms with Crippen LogP contribution in [0.3, 0.4) is 0 Å². The summed E-state index contributed by atoms with van der Waals surface area (Å²) in [7, 11) is -1.88. The number of aliphatic hydroxyl groups is 1. The van der Waals surface area contributed by atoms with Gasteiger partial charge in [-0.05, 0) is 44.5 Å². The fourth-order valence-corrected chi connectivity index (χ4v) is 3.66. The van der Waals surface area contributed by atoms with Gasteiger partial charge in [-0.2, -0.15) is 4.98 Å². The van der Waals surface area contributed by atoms with Gasteiger partial charge in [0.2, 0.25) is 5.95 Å². The maximum atomic E-state index is 12.2. The Hall–Kier alpha value is -3.83. The maximum Gasteiger partial charge on any atom is 0.410 e. The number of ether oxygens (including phenoxy) is 1. The first-order chi connectivity index (χ1) is 16.8. The Balaban J connectivity index is 1.87. The van der Waals surface area contributed by atoms with Gasteiger partial charge in [-0.1, -0.05) is 35.2 Å². The predicted molar refractivity (Wildman–Crippen MR) is 133 cm³/mol. The van der Waals surface area contributed by atoms with Crippen LogP contribution in [0.25, 0.3) is 11.1 Å². The smallest absolute Gasteiger partial charge is 0.410 e. The lowest BCUT2D eigenvalue weighted by Gasteiger charge is -2.17. The molecular weight excluding hydrogens is 470 g/mol. The minimum atomic E-state index is -1.88. The van der Waals surface area contributed by atoms with Gasteiger partial charge in [0.25, 0.3) is 0 Å². The number of nitrogens with one attached hydrogen (secondary N) is 2. The van der Waals surface area contributed by atoms with Gasteiger partial charge in [0, 0.05) is 29.1 Å². The monoisotopic (exact) mass is 496 g/mol. The van der Waals surface area contributed by atoms with Crippen LogP contribution in [-0.4, -0.2) is 46.2 Å². The van der Waals surface area contributed by atoms with Gasteiger partial charge >= 0.3 is 6.09 Å². The van der Waals surface area contributed by atoms with Crippen molar-refractivity contribution in [3.8, 4) is 11.1 Å². The van der Waals surface area contributed by atoms with E-state index in [2.05, 4.69) is 29.7 Å². The minimum Gasteiger partial charge on any atom is -0.450 e. The van der Waals surface area contributed by atoms with Crippen molar-refractivity contribution in [3.05, 3.63) is 60.3 Å². The molecule has 0 aliphatic carbocycles. The number of Topliss-reactive ketones (excluding diaryl/α,β-unsaturated/α-hetero) is 1. The molecule has 0 bridgehead atoms. The average molecular weight is 497 g/mol. The van der Waals surface area contributed by atoms with E-state index in [4.69, 9.17) is 0 Å². The highest BCUT2D eigenvalue weighted by molar-refractivity contribution is 7.75. The van der Waals surface area contributed by atoms with Gasteiger partial charge in [-0.25, -0.2) is 9.78 Å². The number of ketones is 1. The van der Waals surface area contributed by atoms with E-state index in [1.54, 1.807) is 55.6 Å². The first-order valence-electron chi connectivity index (χ1n) is 10.8. The number of nitrogens with zero attached hydrogens (tertiary/aromatic N) is 3. The molecule has 0 fully saturated rings. The Bertz CT molecular complexity index is 1290. The lowest BCUT2D eigenvalue weighted by molar-refractivity contribution is 0.101. The third-order valence-electron chi connectivity index (χ3n) is 4.76. The summed E-state index contributed by atoms with van der Waals surface area (Å²) in [5, 5.41) is 15.7. The zero-order valence-electron chi connectivity index (χ0n) is 19.5. The van der Waals surface area contributed by atoms with Crippen molar-refractivity contribution in [2.45, 2.75) is 31.7 Å². The maximum absolute atomic E-state index is 12.2. The number of amides is 1. The summed E-state index contributed by atoms with van der Waals surface area (Å²) >= 11 is 0. The molecule has 3 aromatic rings. The summed E-state index contributed by atoms with van der Waals surface area (Å²) in [5.74, 6) is 0.716. The number of hydrogen-bond donors (Lipinski definition) is 3. The summed E-state index contributed by atoms with van der Waals surface area (Å²) in [5.41, 5.74) is 2.62. The summed E-state index contributed by atoms with van der Waals surface area (Å²) in [6.45, 7) is 5.00. The highest BCUT2D eigenvalue weighted by atomic mass is 32.2. The highest BCUT2D eigenvalue weighted by Gasteiger charge is 2.13. The van der Waals surface area contributed by atoms with Crippen LogP contribution in [-0.2, 0) is 19.5 Å². The molecule has 0 saturated heterocycles. The first-order valence-corrected chi connectivity index (χ1v) is 11.9. The van der Waals surface area contributed by atoms with E-state index in [9.17, 15) is 18.9 Å². The van der Waals surface area contributed by atoms with Crippen LogP contribution in [0.2, 0.25) is 0 Å². The van der Waals surface area contributed by atoms with Crippen molar-refractivity contribution in [1.29, 1.82) is 0 Å². The van der Waals surface area contributed by atoms with Gasteiger partial charge in [0.15, 0.2) is 5.78 Å². The molecule has 11 heteroatoms.